The number of aliphatic hydroxyl groups excluding tert-OH is 3. The highest BCUT2D eigenvalue weighted by atomic mass is 16.7. The van der Waals surface area contributed by atoms with Crippen LogP contribution in [0.5, 0.6) is 0 Å². The molecule has 0 aromatic carbocycles. The number of aliphatic hydroxyl groups is 3. The molecular formula is C17H30O9. The second-order valence-electron chi connectivity index (χ2n) is 6.84. The van der Waals surface area contributed by atoms with Gasteiger partial charge in [-0.05, 0) is 19.3 Å². The van der Waals surface area contributed by atoms with Crippen molar-refractivity contribution in [3.63, 3.8) is 0 Å². The summed E-state index contributed by atoms with van der Waals surface area (Å²) in [6.07, 6.45) is -5.46. The summed E-state index contributed by atoms with van der Waals surface area (Å²) in [7, 11) is 0. The van der Waals surface area contributed by atoms with E-state index in [0.29, 0.717) is 0 Å². The minimum atomic E-state index is -1.50. The maximum atomic E-state index is 11.8. The first-order valence-corrected chi connectivity index (χ1v) is 8.88. The topological polar surface area (TPSA) is 143 Å². The molecule has 0 aromatic heterocycles. The third-order valence-corrected chi connectivity index (χ3v) is 4.18. The highest BCUT2D eigenvalue weighted by molar-refractivity contribution is 5.72. The molecule has 7 atom stereocenters. The summed E-state index contributed by atoms with van der Waals surface area (Å²) >= 11 is 0. The van der Waals surface area contributed by atoms with Crippen molar-refractivity contribution in [3.8, 4) is 0 Å². The molecule has 1 aliphatic heterocycles. The number of ether oxygens (including phenoxy) is 3. The molecule has 0 aromatic rings. The van der Waals surface area contributed by atoms with Crippen LogP contribution in [0.25, 0.3) is 0 Å². The molecule has 0 spiro atoms. The quantitative estimate of drug-likeness (QED) is 0.388. The zero-order valence-corrected chi connectivity index (χ0v) is 15.4. The van der Waals surface area contributed by atoms with E-state index in [0.717, 1.165) is 12.8 Å². The van der Waals surface area contributed by atoms with E-state index in [1.807, 2.05) is 6.92 Å². The number of carboxylic acid groups (broad SMARTS) is 1. The third kappa shape index (κ3) is 7.16. The average Bonchev–Trinajstić information content (AvgIpc) is 2.53. The molecular weight excluding hydrogens is 348 g/mol. The van der Waals surface area contributed by atoms with Crippen LogP contribution in [-0.2, 0) is 23.8 Å². The smallest absolute Gasteiger partial charge is 0.306 e. The molecule has 26 heavy (non-hydrogen) atoms. The average molecular weight is 378 g/mol. The van der Waals surface area contributed by atoms with Gasteiger partial charge in [0.05, 0.1) is 6.10 Å². The van der Waals surface area contributed by atoms with Crippen molar-refractivity contribution in [3.05, 3.63) is 0 Å². The van der Waals surface area contributed by atoms with Crippen LogP contribution < -0.4 is 0 Å². The van der Waals surface area contributed by atoms with Gasteiger partial charge >= 0.3 is 11.9 Å². The number of carbonyl (C=O) groups excluding carboxylic acids is 1. The van der Waals surface area contributed by atoms with E-state index >= 15 is 0 Å². The van der Waals surface area contributed by atoms with Crippen LogP contribution in [0.2, 0.25) is 0 Å². The summed E-state index contributed by atoms with van der Waals surface area (Å²) in [5, 5.41) is 38.7. The van der Waals surface area contributed by atoms with Gasteiger partial charge in [-0.2, -0.15) is 0 Å². The Hall–Kier alpha value is -1.26. The number of rotatable bonds is 10. The van der Waals surface area contributed by atoms with Gasteiger partial charge in [-0.3, -0.25) is 9.59 Å². The van der Waals surface area contributed by atoms with Gasteiger partial charge in [-0.1, -0.05) is 20.3 Å². The Kier molecular flexibility index (Phi) is 9.45. The highest BCUT2D eigenvalue weighted by Crippen LogP contribution is 2.24. The lowest BCUT2D eigenvalue weighted by atomic mass is 9.99. The second kappa shape index (κ2) is 10.8. The lowest BCUT2D eigenvalue weighted by Gasteiger charge is -2.40. The first-order valence-electron chi connectivity index (χ1n) is 8.88. The molecule has 0 amide bonds. The standard InChI is InChI=1S/C17H30O9/c1-4-5-10(3)25-17-16(23)15(22)14(21)11(26-17)8-24-13(20)7-9(2)6-12(18)19/h9-11,14-17,21-23H,4-8H2,1-3H3,(H,18,19)/t9?,10-,11?,14?,15?,16?,17?/m1/s1. The van der Waals surface area contributed by atoms with Gasteiger partial charge in [-0.15, -0.1) is 0 Å². The Bertz CT molecular complexity index is 456. The number of hydrogen-bond donors (Lipinski definition) is 4. The van der Waals surface area contributed by atoms with Gasteiger partial charge in [0.25, 0.3) is 0 Å². The number of esters is 1. The van der Waals surface area contributed by atoms with E-state index in [2.05, 4.69) is 0 Å². The molecule has 0 bridgehead atoms. The zero-order valence-electron chi connectivity index (χ0n) is 15.4. The number of carboxylic acids is 1. The van der Waals surface area contributed by atoms with Gasteiger partial charge in [0.1, 0.15) is 31.0 Å². The Morgan fingerprint density at radius 3 is 2.31 bits per heavy atom. The van der Waals surface area contributed by atoms with Crippen LogP contribution in [-0.4, -0.2) is 75.8 Å². The molecule has 0 saturated carbocycles. The summed E-state index contributed by atoms with van der Waals surface area (Å²) in [4.78, 5) is 22.4. The van der Waals surface area contributed by atoms with Gasteiger partial charge in [0.2, 0.25) is 0 Å². The third-order valence-electron chi connectivity index (χ3n) is 4.18. The van der Waals surface area contributed by atoms with Gasteiger partial charge in [-0.25, -0.2) is 0 Å². The molecule has 1 rings (SSSR count). The van der Waals surface area contributed by atoms with Crippen LogP contribution in [0.3, 0.4) is 0 Å². The van der Waals surface area contributed by atoms with Crippen LogP contribution in [0, 0.1) is 5.92 Å². The van der Waals surface area contributed by atoms with Crippen molar-refractivity contribution in [2.24, 2.45) is 5.92 Å². The van der Waals surface area contributed by atoms with Crippen LogP contribution in [0.15, 0.2) is 0 Å². The lowest BCUT2D eigenvalue weighted by Crippen LogP contribution is -2.59. The van der Waals surface area contributed by atoms with E-state index in [-0.39, 0.29) is 25.6 Å². The van der Waals surface area contributed by atoms with Crippen molar-refractivity contribution >= 4 is 11.9 Å². The van der Waals surface area contributed by atoms with Crippen molar-refractivity contribution < 1.29 is 44.2 Å². The molecule has 0 aliphatic carbocycles. The van der Waals surface area contributed by atoms with E-state index < -0.39 is 48.6 Å². The molecule has 1 fully saturated rings. The predicted molar refractivity (Wildman–Crippen MR) is 89.1 cm³/mol. The van der Waals surface area contributed by atoms with E-state index in [1.165, 1.54) is 0 Å². The summed E-state index contributed by atoms with van der Waals surface area (Å²) in [6, 6.07) is 0. The number of carbonyl (C=O) groups is 2. The zero-order chi connectivity index (χ0) is 19.9. The number of aliphatic carboxylic acids is 1. The Labute approximate surface area is 152 Å². The van der Waals surface area contributed by atoms with E-state index in [1.54, 1.807) is 13.8 Å². The predicted octanol–water partition coefficient (Wildman–Crippen LogP) is 0.0433. The fraction of sp³-hybridized carbons (Fsp3) is 0.882. The van der Waals surface area contributed by atoms with Crippen LogP contribution >= 0.6 is 0 Å². The Morgan fingerprint density at radius 1 is 1.08 bits per heavy atom. The molecule has 9 heteroatoms. The number of hydrogen-bond acceptors (Lipinski definition) is 8. The van der Waals surface area contributed by atoms with Gasteiger partial charge in [0.15, 0.2) is 6.29 Å². The first-order chi connectivity index (χ1) is 12.1. The summed E-state index contributed by atoms with van der Waals surface area (Å²) < 4.78 is 16.0. The van der Waals surface area contributed by atoms with Crippen molar-refractivity contribution in [2.75, 3.05) is 6.61 Å². The maximum Gasteiger partial charge on any atom is 0.306 e. The monoisotopic (exact) mass is 378 g/mol. The normalized spacial score (nSPS) is 31.2. The van der Waals surface area contributed by atoms with Crippen molar-refractivity contribution in [1.29, 1.82) is 0 Å². The lowest BCUT2D eigenvalue weighted by molar-refractivity contribution is -0.310. The molecule has 6 unspecified atom stereocenters. The fourth-order valence-corrected chi connectivity index (χ4v) is 2.76. The fourth-order valence-electron chi connectivity index (χ4n) is 2.76. The largest absolute Gasteiger partial charge is 0.481 e. The first kappa shape index (κ1) is 22.8. The maximum absolute atomic E-state index is 11.8. The molecule has 0 radical (unpaired) electrons. The summed E-state index contributed by atoms with van der Waals surface area (Å²) in [5.74, 6) is -2.03. The molecule has 9 nitrogen and oxygen atoms in total. The minimum Gasteiger partial charge on any atom is -0.481 e. The highest BCUT2D eigenvalue weighted by Gasteiger charge is 2.45. The van der Waals surface area contributed by atoms with E-state index in [4.69, 9.17) is 19.3 Å². The van der Waals surface area contributed by atoms with Crippen molar-refractivity contribution in [1.82, 2.24) is 0 Å². The van der Waals surface area contributed by atoms with Crippen molar-refractivity contribution in [2.45, 2.75) is 83.3 Å². The van der Waals surface area contributed by atoms with Crippen LogP contribution in [0.1, 0.15) is 46.5 Å². The van der Waals surface area contributed by atoms with Gasteiger partial charge < -0.3 is 34.6 Å². The molecule has 1 saturated heterocycles. The SMILES string of the molecule is CCC[C@@H](C)OC1OC(COC(=O)CC(C)CC(=O)O)C(O)C(O)C1O. The summed E-state index contributed by atoms with van der Waals surface area (Å²) in [6.45, 7) is 5.05. The second-order valence-corrected chi connectivity index (χ2v) is 6.84. The summed E-state index contributed by atoms with van der Waals surface area (Å²) in [5.41, 5.74) is 0. The van der Waals surface area contributed by atoms with Crippen LogP contribution in [0.4, 0.5) is 0 Å². The Balaban J connectivity index is 2.55. The Morgan fingerprint density at radius 2 is 1.73 bits per heavy atom. The molecule has 152 valence electrons. The molecule has 1 heterocycles. The molecule has 4 N–H and O–H groups in total. The molecule has 1 aliphatic rings. The minimum absolute atomic E-state index is 0.0895. The van der Waals surface area contributed by atoms with E-state index in [9.17, 15) is 24.9 Å². The van der Waals surface area contributed by atoms with Gasteiger partial charge in [0, 0.05) is 12.8 Å².